The predicted octanol–water partition coefficient (Wildman–Crippen LogP) is 2.12. The van der Waals surface area contributed by atoms with Crippen molar-refractivity contribution in [3.05, 3.63) is 34.9 Å². The van der Waals surface area contributed by atoms with E-state index in [0.29, 0.717) is 0 Å². The van der Waals surface area contributed by atoms with Crippen LogP contribution in [0.25, 0.3) is 0 Å². The van der Waals surface area contributed by atoms with Gasteiger partial charge in [0.1, 0.15) is 0 Å². The molecule has 1 atom stereocenters. The molecule has 1 aromatic carbocycles. The maximum absolute atomic E-state index is 9.04. The Morgan fingerprint density at radius 2 is 1.88 bits per heavy atom. The van der Waals surface area contributed by atoms with Crippen molar-refractivity contribution in [1.29, 1.82) is 0 Å². The highest BCUT2D eigenvalue weighted by molar-refractivity contribution is 7.98. The van der Waals surface area contributed by atoms with Gasteiger partial charge in [-0.3, -0.25) is 0 Å². The number of aliphatic hydroxyl groups is 1. The van der Waals surface area contributed by atoms with Crippen molar-refractivity contribution in [3.63, 3.8) is 0 Å². The van der Waals surface area contributed by atoms with Gasteiger partial charge < -0.3 is 10.4 Å². The third-order valence-electron chi connectivity index (χ3n) is 2.50. The lowest BCUT2D eigenvalue weighted by Crippen LogP contribution is -2.31. The number of aliphatic hydroxyl groups excluding tert-OH is 1. The van der Waals surface area contributed by atoms with Gasteiger partial charge in [0, 0.05) is 17.5 Å². The van der Waals surface area contributed by atoms with Gasteiger partial charge in [0.25, 0.3) is 0 Å². The van der Waals surface area contributed by atoms with Crippen molar-refractivity contribution < 1.29 is 5.11 Å². The first kappa shape index (κ1) is 13.6. The lowest BCUT2D eigenvalue weighted by Gasteiger charge is -2.12. The summed E-state index contributed by atoms with van der Waals surface area (Å²) in [5, 5.41) is 12.1. The zero-order chi connectivity index (χ0) is 12.0. The Morgan fingerprint density at radius 3 is 2.38 bits per heavy atom. The number of nitrogens with one attached hydrogen (secondary N) is 1. The van der Waals surface area contributed by atoms with E-state index in [1.165, 1.54) is 16.7 Å². The first-order chi connectivity index (χ1) is 7.65. The second-order valence-electron chi connectivity index (χ2n) is 4.18. The molecular weight excluding hydrogens is 218 g/mol. The average Bonchev–Trinajstić information content (AvgIpc) is 2.23. The molecule has 0 spiro atoms. The Hall–Kier alpha value is -0.510. The zero-order valence-electron chi connectivity index (χ0n) is 10.3. The van der Waals surface area contributed by atoms with Gasteiger partial charge in [-0.25, -0.2) is 0 Å². The number of rotatable bonds is 6. The molecule has 0 saturated heterocycles. The van der Waals surface area contributed by atoms with E-state index in [9.17, 15) is 0 Å². The minimum Gasteiger partial charge on any atom is -0.395 e. The van der Waals surface area contributed by atoms with E-state index in [0.717, 1.165) is 11.5 Å². The molecule has 0 radical (unpaired) electrons. The highest BCUT2D eigenvalue weighted by Crippen LogP contribution is 2.16. The van der Waals surface area contributed by atoms with E-state index in [-0.39, 0.29) is 12.6 Å². The summed E-state index contributed by atoms with van der Waals surface area (Å²) in [6.07, 6.45) is 0. The molecule has 2 N–H and O–H groups in total. The van der Waals surface area contributed by atoms with Crippen LogP contribution in [0.2, 0.25) is 0 Å². The summed E-state index contributed by atoms with van der Waals surface area (Å²) in [4.78, 5) is 0. The second kappa shape index (κ2) is 6.94. The molecule has 0 aromatic heterocycles. The highest BCUT2D eigenvalue weighted by Gasteiger charge is 2.04. The normalized spacial score (nSPS) is 12.8. The van der Waals surface area contributed by atoms with E-state index in [1.54, 1.807) is 0 Å². The Balaban J connectivity index is 2.42. The molecule has 0 saturated carbocycles. The van der Waals surface area contributed by atoms with Gasteiger partial charge in [0.2, 0.25) is 0 Å². The molecule has 0 aliphatic heterocycles. The number of benzene rings is 1. The molecule has 3 heteroatoms. The van der Waals surface area contributed by atoms with Crippen molar-refractivity contribution in [2.75, 3.05) is 19.4 Å². The summed E-state index contributed by atoms with van der Waals surface area (Å²) in [7, 11) is 1.89. The van der Waals surface area contributed by atoms with Crippen LogP contribution >= 0.6 is 11.8 Å². The Labute approximate surface area is 102 Å². The zero-order valence-corrected chi connectivity index (χ0v) is 11.1. The molecule has 0 aliphatic carbocycles. The van der Waals surface area contributed by atoms with Crippen molar-refractivity contribution in [2.45, 2.75) is 25.6 Å². The number of aryl methyl sites for hydroxylation is 2. The van der Waals surface area contributed by atoms with Crippen LogP contribution < -0.4 is 5.32 Å². The Bertz CT molecular complexity index is 303. The fourth-order valence-corrected chi connectivity index (χ4v) is 2.78. The van der Waals surface area contributed by atoms with Crippen molar-refractivity contribution in [2.24, 2.45) is 0 Å². The van der Waals surface area contributed by atoms with Gasteiger partial charge in [-0.15, -0.1) is 0 Å². The van der Waals surface area contributed by atoms with Gasteiger partial charge in [-0.1, -0.05) is 29.3 Å². The molecule has 0 heterocycles. The fraction of sp³-hybridized carbons (Fsp3) is 0.538. The predicted molar refractivity (Wildman–Crippen MR) is 72.0 cm³/mol. The van der Waals surface area contributed by atoms with Gasteiger partial charge in [-0.05, 0) is 26.5 Å². The van der Waals surface area contributed by atoms with Crippen LogP contribution in [0, 0.1) is 13.8 Å². The van der Waals surface area contributed by atoms with Crippen LogP contribution in [-0.2, 0) is 5.75 Å². The Morgan fingerprint density at radius 1 is 1.25 bits per heavy atom. The molecular formula is C13H21NOS. The molecule has 1 unspecified atom stereocenters. The standard InChI is InChI=1S/C13H21NOS/c1-10-4-11(2)6-12(5-10)8-16-9-13(7-15)14-3/h4-6,13-15H,7-9H2,1-3H3. The van der Waals surface area contributed by atoms with E-state index >= 15 is 0 Å². The SMILES string of the molecule is CNC(CO)CSCc1cc(C)cc(C)c1. The molecule has 0 fully saturated rings. The molecule has 16 heavy (non-hydrogen) atoms. The van der Waals surface area contributed by atoms with Gasteiger partial charge in [0.05, 0.1) is 6.61 Å². The summed E-state index contributed by atoms with van der Waals surface area (Å²) in [5.41, 5.74) is 4.01. The lowest BCUT2D eigenvalue weighted by molar-refractivity contribution is 0.260. The molecule has 0 bridgehead atoms. The molecule has 0 aliphatic rings. The monoisotopic (exact) mass is 239 g/mol. The second-order valence-corrected chi connectivity index (χ2v) is 5.21. The van der Waals surface area contributed by atoms with Crippen molar-refractivity contribution >= 4 is 11.8 Å². The maximum atomic E-state index is 9.04. The number of likely N-dealkylation sites (N-methyl/N-ethyl adjacent to an activating group) is 1. The van der Waals surface area contributed by atoms with Gasteiger partial charge >= 0.3 is 0 Å². The topological polar surface area (TPSA) is 32.3 Å². The first-order valence-electron chi connectivity index (χ1n) is 5.58. The summed E-state index contributed by atoms with van der Waals surface area (Å²) >= 11 is 1.86. The summed E-state index contributed by atoms with van der Waals surface area (Å²) in [6.45, 7) is 4.47. The van der Waals surface area contributed by atoms with Crippen LogP contribution in [0.3, 0.4) is 0 Å². The van der Waals surface area contributed by atoms with Crippen LogP contribution in [0.1, 0.15) is 16.7 Å². The number of thioether (sulfide) groups is 1. The third-order valence-corrected chi connectivity index (χ3v) is 3.67. The number of hydrogen-bond donors (Lipinski definition) is 2. The van der Waals surface area contributed by atoms with Gasteiger partial charge in [0.15, 0.2) is 0 Å². The average molecular weight is 239 g/mol. The van der Waals surface area contributed by atoms with Crippen molar-refractivity contribution in [3.8, 4) is 0 Å². The van der Waals surface area contributed by atoms with Crippen LogP contribution in [0.4, 0.5) is 0 Å². The largest absolute Gasteiger partial charge is 0.395 e. The summed E-state index contributed by atoms with van der Waals surface area (Å²) < 4.78 is 0. The van der Waals surface area contributed by atoms with Crippen LogP contribution in [-0.4, -0.2) is 30.6 Å². The molecule has 2 nitrogen and oxygen atoms in total. The van der Waals surface area contributed by atoms with Gasteiger partial charge in [-0.2, -0.15) is 11.8 Å². The van der Waals surface area contributed by atoms with E-state index in [1.807, 2.05) is 18.8 Å². The van der Waals surface area contributed by atoms with E-state index in [2.05, 4.69) is 37.4 Å². The number of hydrogen-bond acceptors (Lipinski definition) is 3. The highest BCUT2D eigenvalue weighted by atomic mass is 32.2. The van der Waals surface area contributed by atoms with E-state index < -0.39 is 0 Å². The third kappa shape index (κ3) is 4.56. The molecule has 1 rings (SSSR count). The van der Waals surface area contributed by atoms with Crippen LogP contribution in [0.5, 0.6) is 0 Å². The Kier molecular flexibility index (Phi) is 5.88. The first-order valence-corrected chi connectivity index (χ1v) is 6.74. The molecule has 0 amide bonds. The smallest absolute Gasteiger partial charge is 0.0592 e. The molecule has 90 valence electrons. The van der Waals surface area contributed by atoms with Crippen LogP contribution in [0.15, 0.2) is 18.2 Å². The van der Waals surface area contributed by atoms with Crippen molar-refractivity contribution in [1.82, 2.24) is 5.32 Å². The summed E-state index contributed by atoms with van der Waals surface area (Å²) in [5.74, 6) is 1.96. The molecule has 1 aromatic rings. The van der Waals surface area contributed by atoms with E-state index in [4.69, 9.17) is 5.11 Å². The lowest BCUT2D eigenvalue weighted by atomic mass is 10.1. The summed E-state index contributed by atoms with van der Waals surface area (Å²) in [6, 6.07) is 6.86. The fourth-order valence-electron chi connectivity index (χ4n) is 1.70. The minimum atomic E-state index is 0.205. The minimum absolute atomic E-state index is 0.205. The quantitative estimate of drug-likeness (QED) is 0.797. The maximum Gasteiger partial charge on any atom is 0.0592 e.